The number of rotatable bonds is 14. The van der Waals surface area contributed by atoms with E-state index in [4.69, 9.17) is 14.7 Å². The number of benzene rings is 3. The van der Waals surface area contributed by atoms with Crippen LogP contribution in [-0.2, 0) is 12.8 Å². The molecule has 0 bridgehead atoms. The minimum absolute atomic E-state index is 0.0357. The van der Waals surface area contributed by atoms with Crippen LogP contribution in [0.15, 0.2) is 85.1 Å². The quantitative estimate of drug-likeness (QED) is 0.141. The summed E-state index contributed by atoms with van der Waals surface area (Å²) >= 11 is 0. The Morgan fingerprint density at radius 3 is 2.17 bits per heavy atom. The molecule has 0 spiro atoms. The molecule has 41 heavy (non-hydrogen) atoms. The predicted molar refractivity (Wildman–Crippen MR) is 162 cm³/mol. The standard InChI is InChI=1S/C35H38FN3O2/c1-2-3-4-5-6-7-14-21-41-33-20-19-27(22-29(33)36)24-31-35(40)39-25-32(28-17-12-9-13-18-28)37-30(34(39)38-31)23-26-15-10-8-11-16-26/h8-13,15-20,22,25,40H,2-7,14,21,23-24H2,1H3. The van der Waals surface area contributed by atoms with Gasteiger partial charge in [0.2, 0.25) is 5.88 Å². The second-order valence-corrected chi connectivity index (χ2v) is 10.6. The number of imidazole rings is 1. The van der Waals surface area contributed by atoms with Gasteiger partial charge < -0.3 is 9.84 Å². The van der Waals surface area contributed by atoms with Crippen molar-refractivity contribution in [1.82, 2.24) is 14.4 Å². The molecule has 5 aromatic rings. The first-order valence-electron chi connectivity index (χ1n) is 14.7. The fraction of sp³-hybridized carbons (Fsp3) is 0.314. The second kappa shape index (κ2) is 13.9. The van der Waals surface area contributed by atoms with E-state index in [1.54, 1.807) is 10.5 Å². The molecular formula is C35H38FN3O2. The van der Waals surface area contributed by atoms with Gasteiger partial charge in [0.1, 0.15) is 5.69 Å². The number of unbranched alkanes of at least 4 members (excludes halogenated alkanes) is 6. The number of fused-ring (bicyclic) bond motifs is 1. The maximum atomic E-state index is 14.9. The Morgan fingerprint density at radius 1 is 0.756 bits per heavy atom. The summed E-state index contributed by atoms with van der Waals surface area (Å²) in [5.74, 6) is -0.0964. The lowest BCUT2D eigenvalue weighted by Gasteiger charge is -2.09. The summed E-state index contributed by atoms with van der Waals surface area (Å²) in [5.41, 5.74) is 5.35. The van der Waals surface area contributed by atoms with E-state index in [0.29, 0.717) is 29.9 Å². The molecule has 2 heterocycles. The third-order valence-electron chi connectivity index (χ3n) is 7.38. The molecule has 1 N–H and O–H groups in total. The maximum absolute atomic E-state index is 14.9. The molecule has 2 aromatic heterocycles. The lowest BCUT2D eigenvalue weighted by atomic mass is 10.1. The second-order valence-electron chi connectivity index (χ2n) is 10.6. The van der Waals surface area contributed by atoms with E-state index in [9.17, 15) is 9.50 Å². The van der Waals surface area contributed by atoms with Crippen LogP contribution in [0.3, 0.4) is 0 Å². The van der Waals surface area contributed by atoms with Crippen LogP contribution in [0.4, 0.5) is 4.39 Å². The fourth-order valence-electron chi connectivity index (χ4n) is 5.12. The summed E-state index contributed by atoms with van der Waals surface area (Å²) in [6, 6.07) is 25.0. The summed E-state index contributed by atoms with van der Waals surface area (Å²) < 4.78 is 22.3. The van der Waals surface area contributed by atoms with Crippen LogP contribution < -0.4 is 4.74 Å². The Kier molecular flexibility index (Phi) is 9.63. The molecule has 0 atom stereocenters. The molecule has 0 radical (unpaired) electrons. The van der Waals surface area contributed by atoms with Crippen molar-refractivity contribution in [1.29, 1.82) is 0 Å². The molecule has 0 saturated heterocycles. The Hall–Kier alpha value is -4.19. The van der Waals surface area contributed by atoms with E-state index in [-0.39, 0.29) is 18.1 Å². The smallest absolute Gasteiger partial charge is 0.219 e. The van der Waals surface area contributed by atoms with Crippen LogP contribution >= 0.6 is 0 Å². The summed E-state index contributed by atoms with van der Waals surface area (Å²) in [7, 11) is 0. The largest absolute Gasteiger partial charge is 0.493 e. The normalized spacial score (nSPS) is 11.3. The third kappa shape index (κ3) is 7.31. The lowest BCUT2D eigenvalue weighted by molar-refractivity contribution is 0.290. The molecule has 0 aliphatic rings. The zero-order valence-electron chi connectivity index (χ0n) is 23.7. The zero-order chi connectivity index (χ0) is 28.4. The van der Waals surface area contributed by atoms with Crippen molar-refractivity contribution in [2.45, 2.75) is 64.7 Å². The van der Waals surface area contributed by atoms with Crippen LogP contribution in [0, 0.1) is 5.82 Å². The van der Waals surface area contributed by atoms with E-state index in [2.05, 4.69) is 19.1 Å². The highest BCUT2D eigenvalue weighted by Gasteiger charge is 2.18. The highest BCUT2D eigenvalue weighted by molar-refractivity contribution is 5.63. The zero-order valence-corrected chi connectivity index (χ0v) is 23.7. The van der Waals surface area contributed by atoms with Crippen LogP contribution in [0.2, 0.25) is 0 Å². The first-order chi connectivity index (χ1) is 20.1. The first kappa shape index (κ1) is 28.3. The van der Waals surface area contributed by atoms with E-state index in [1.807, 2.05) is 60.8 Å². The number of aromatic nitrogens is 3. The van der Waals surface area contributed by atoms with Gasteiger partial charge in [-0.15, -0.1) is 0 Å². The molecule has 3 aromatic carbocycles. The molecule has 0 amide bonds. The van der Waals surface area contributed by atoms with Gasteiger partial charge in [-0.1, -0.05) is 112 Å². The number of hydrogen-bond donors (Lipinski definition) is 1. The number of halogens is 1. The number of aromatic hydroxyl groups is 1. The molecule has 0 unspecified atom stereocenters. The number of hydrogen-bond acceptors (Lipinski definition) is 4. The summed E-state index contributed by atoms with van der Waals surface area (Å²) in [6.07, 6.45) is 11.0. The van der Waals surface area contributed by atoms with Crippen LogP contribution in [-0.4, -0.2) is 26.1 Å². The van der Waals surface area contributed by atoms with Crippen molar-refractivity contribution in [3.8, 4) is 22.9 Å². The van der Waals surface area contributed by atoms with Crippen molar-refractivity contribution in [2.24, 2.45) is 0 Å². The van der Waals surface area contributed by atoms with Gasteiger partial charge in [0.05, 0.1) is 18.0 Å². The first-order valence-corrected chi connectivity index (χ1v) is 14.7. The molecule has 212 valence electrons. The van der Waals surface area contributed by atoms with Crippen LogP contribution in [0.25, 0.3) is 16.9 Å². The van der Waals surface area contributed by atoms with E-state index >= 15 is 0 Å². The minimum atomic E-state index is -0.397. The Morgan fingerprint density at radius 2 is 1.44 bits per heavy atom. The summed E-state index contributed by atoms with van der Waals surface area (Å²) in [5, 5.41) is 11.2. The van der Waals surface area contributed by atoms with Gasteiger partial charge in [-0.3, -0.25) is 4.40 Å². The van der Waals surface area contributed by atoms with Crippen molar-refractivity contribution < 1.29 is 14.2 Å². The summed E-state index contributed by atoms with van der Waals surface area (Å²) in [4.78, 5) is 9.73. The van der Waals surface area contributed by atoms with Crippen molar-refractivity contribution >= 4 is 5.65 Å². The average molecular weight is 552 g/mol. The minimum Gasteiger partial charge on any atom is -0.493 e. The highest BCUT2D eigenvalue weighted by atomic mass is 19.1. The monoisotopic (exact) mass is 551 g/mol. The number of nitrogens with zero attached hydrogens (tertiary/aromatic N) is 3. The molecule has 0 aliphatic carbocycles. The predicted octanol–water partition coefficient (Wildman–Crippen LogP) is 8.55. The van der Waals surface area contributed by atoms with Crippen molar-refractivity contribution in [3.05, 3.63) is 113 Å². The SMILES string of the molecule is CCCCCCCCCOc1ccc(Cc2nc3c(Cc4ccccc4)nc(-c4ccccc4)cn3c2O)cc1F. The number of ether oxygens (including phenoxy) is 1. The van der Waals surface area contributed by atoms with E-state index < -0.39 is 5.82 Å². The highest BCUT2D eigenvalue weighted by Crippen LogP contribution is 2.29. The topological polar surface area (TPSA) is 59.7 Å². The lowest BCUT2D eigenvalue weighted by Crippen LogP contribution is -2.00. The van der Waals surface area contributed by atoms with Gasteiger partial charge in [0, 0.05) is 24.6 Å². The van der Waals surface area contributed by atoms with Gasteiger partial charge >= 0.3 is 0 Å². The summed E-state index contributed by atoms with van der Waals surface area (Å²) in [6.45, 7) is 2.73. The maximum Gasteiger partial charge on any atom is 0.219 e. The molecule has 5 nitrogen and oxygen atoms in total. The van der Waals surface area contributed by atoms with Gasteiger partial charge in [0.15, 0.2) is 17.2 Å². The Bertz CT molecular complexity index is 1550. The van der Waals surface area contributed by atoms with Gasteiger partial charge in [0.25, 0.3) is 0 Å². The molecule has 6 heteroatoms. The van der Waals surface area contributed by atoms with Crippen molar-refractivity contribution in [3.63, 3.8) is 0 Å². The van der Waals surface area contributed by atoms with E-state index in [0.717, 1.165) is 35.4 Å². The molecule has 5 rings (SSSR count). The van der Waals surface area contributed by atoms with Gasteiger partial charge in [-0.25, -0.2) is 14.4 Å². The van der Waals surface area contributed by atoms with Crippen LogP contribution in [0.5, 0.6) is 11.6 Å². The van der Waals surface area contributed by atoms with Gasteiger partial charge in [-0.2, -0.15) is 0 Å². The molecule has 0 fully saturated rings. The molecular weight excluding hydrogens is 513 g/mol. The van der Waals surface area contributed by atoms with E-state index in [1.165, 1.54) is 38.2 Å². The third-order valence-corrected chi connectivity index (χ3v) is 7.38. The Balaban J connectivity index is 1.33. The van der Waals surface area contributed by atoms with Crippen LogP contribution in [0.1, 0.15) is 74.4 Å². The molecule has 0 saturated carbocycles. The van der Waals surface area contributed by atoms with Gasteiger partial charge in [-0.05, 0) is 29.7 Å². The van der Waals surface area contributed by atoms with Crippen molar-refractivity contribution in [2.75, 3.05) is 6.61 Å². The molecule has 0 aliphatic heterocycles. The average Bonchev–Trinajstić information content (AvgIpc) is 3.31. The fourth-order valence-corrected chi connectivity index (χ4v) is 5.12. The Labute approximate surface area is 241 Å².